The molecule has 0 saturated heterocycles. The van der Waals surface area contributed by atoms with E-state index < -0.39 is 11.9 Å². The van der Waals surface area contributed by atoms with E-state index in [2.05, 4.69) is 16.8 Å². The van der Waals surface area contributed by atoms with Crippen LogP contribution in [-0.2, 0) is 12.6 Å². The first kappa shape index (κ1) is 10.6. The second-order valence-corrected chi connectivity index (χ2v) is 2.62. The van der Waals surface area contributed by atoms with Crippen LogP contribution < -0.4 is 0 Å². The summed E-state index contributed by atoms with van der Waals surface area (Å²) in [7, 11) is 0. The smallest absolute Gasteiger partial charge is 0.247 e. The summed E-state index contributed by atoms with van der Waals surface area (Å²) in [5.41, 5.74) is -0.526. The molecule has 0 fully saturated rings. The number of nitrogens with zero attached hydrogens (tertiary/aromatic N) is 1. The van der Waals surface area contributed by atoms with Gasteiger partial charge in [-0.1, -0.05) is 12.0 Å². The SMILES string of the molecule is CC#CCc1cccc(C(F)(F)F)n1. The molecule has 0 saturated carbocycles. The van der Waals surface area contributed by atoms with Crippen molar-refractivity contribution in [2.45, 2.75) is 19.5 Å². The Balaban J connectivity index is 2.93. The van der Waals surface area contributed by atoms with Gasteiger partial charge in [0.25, 0.3) is 0 Å². The van der Waals surface area contributed by atoms with Gasteiger partial charge in [0.1, 0.15) is 5.69 Å². The zero-order chi connectivity index (χ0) is 10.6. The lowest BCUT2D eigenvalue weighted by molar-refractivity contribution is -0.141. The van der Waals surface area contributed by atoms with Gasteiger partial charge in [-0.05, 0) is 19.1 Å². The maximum Gasteiger partial charge on any atom is 0.433 e. The van der Waals surface area contributed by atoms with Crippen molar-refractivity contribution in [2.75, 3.05) is 0 Å². The number of hydrogen-bond acceptors (Lipinski definition) is 1. The Morgan fingerprint density at radius 3 is 2.64 bits per heavy atom. The van der Waals surface area contributed by atoms with Gasteiger partial charge in [0, 0.05) is 0 Å². The third-order valence-corrected chi connectivity index (χ3v) is 1.54. The van der Waals surface area contributed by atoms with Crippen LogP contribution in [-0.4, -0.2) is 4.98 Å². The molecule has 1 aromatic rings. The van der Waals surface area contributed by atoms with E-state index in [9.17, 15) is 13.2 Å². The number of rotatable bonds is 1. The van der Waals surface area contributed by atoms with E-state index in [4.69, 9.17) is 0 Å². The zero-order valence-corrected chi connectivity index (χ0v) is 7.52. The van der Waals surface area contributed by atoms with Crippen molar-refractivity contribution in [3.8, 4) is 11.8 Å². The number of aromatic nitrogens is 1. The highest BCUT2D eigenvalue weighted by Crippen LogP contribution is 2.27. The molecular formula is C10H8F3N. The summed E-state index contributed by atoms with van der Waals surface area (Å²) < 4.78 is 36.6. The minimum Gasteiger partial charge on any atom is -0.247 e. The molecule has 74 valence electrons. The second kappa shape index (κ2) is 4.14. The van der Waals surface area contributed by atoms with Crippen molar-refractivity contribution in [3.05, 3.63) is 29.6 Å². The van der Waals surface area contributed by atoms with Crippen molar-refractivity contribution in [1.29, 1.82) is 0 Å². The average molecular weight is 199 g/mol. The Hall–Kier alpha value is -1.50. The maximum atomic E-state index is 12.2. The van der Waals surface area contributed by atoms with Gasteiger partial charge >= 0.3 is 6.18 Å². The summed E-state index contributed by atoms with van der Waals surface area (Å²) in [5, 5.41) is 0. The lowest BCUT2D eigenvalue weighted by Gasteiger charge is -2.05. The predicted molar refractivity (Wildman–Crippen MR) is 46.4 cm³/mol. The zero-order valence-electron chi connectivity index (χ0n) is 7.52. The van der Waals surface area contributed by atoms with Crippen LogP contribution in [0.1, 0.15) is 18.3 Å². The molecule has 0 radical (unpaired) electrons. The van der Waals surface area contributed by atoms with Crippen LogP contribution in [0.15, 0.2) is 18.2 Å². The molecule has 14 heavy (non-hydrogen) atoms. The summed E-state index contributed by atoms with van der Waals surface area (Å²) >= 11 is 0. The predicted octanol–water partition coefficient (Wildman–Crippen LogP) is 2.67. The minimum atomic E-state index is -4.38. The lowest BCUT2D eigenvalue weighted by atomic mass is 10.2. The fourth-order valence-electron chi connectivity index (χ4n) is 0.915. The third kappa shape index (κ3) is 2.77. The molecule has 1 heterocycles. The van der Waals surface area contributed by atoms with Crippen molar-refractivity contribution in [1.82, 2.24) is 4.98 Å². The van der Waals surface area contributed by atoms with E-state index in [1.165, 1.54) is 12.1 Å². The molecule has 0 aromatic carbocycles. The summed E-state index contributed by atoms with van der Waals surface area (Å²) in [6.07, 6.45) is -4.13. The monoisotopic (exact) mass is 199 g/mol. The Morgan fingerprint density at radius 1 is 1.36 bits per heavy atom. The second-order valence-electron chi connectivity index (χ2n) is 2.62. The van der Waals surface area contributed by atoms with E-state index in [1.807, 2.05) is 0 Å². The number of alkyl halides is 3. The molecule has 1 aromatic heterocycles. The normalized spacial score (nSPS) is 10.6. The summed E-state index contributed by atoms with van der Waals surface area (Å²) in [6.45, 7) is 1.63. The molecule has 0 spiro atoms. The standard InChI is InChI=1S/C10H8F3N/c1-2-3-5-8-6-4-7-9(14-8)10(11,12)13/h4,6-7H,5H2,1H3. The van der Waals surface area contributed by atoms with Gasteiger partial charge < -0.3 is 0 Å². The largest absolute Gasteiger partial charge is 0.433 e. The van der Waals surface area contributed by atoms with Crippen molar-refractivity contribution in [3.63, 3.8) is 0 Å². The molecular weight excluding hydrogens is 191 g/mol. The van der Waals surface area contributed by atoms with Crippen molar-refractivity contribution >= 4 is 0 Å². The van der Waals surface area contributed by atoms with Crippen LogP contribution in [0.3, 0.4) is 0 Å². The molecule has 0 aliphatic carbocycles. The third-order valence-electron chi connectivity index (χ3n) is 1.54. The molecule has 4 heteroatoms. The van der Waals surface area contributed by atoms with E-state index in [0.717, 1.165) is 6.07 Å². The van der Waals surface area contributed by atoms with Crippen LogP contribution >= 0.6 is 0 Å². The first-order valence-corrected chi connectivity index (χ1v) is 3.97. The van der Waals surface area contributed by atoms with Gasteiger partial charge in [0.05, 0.1) is 12.1 Å². The Labute approximate surface area is 80.0 Å². The molecule has 0 unspecified atom stereocenters. The quantitative estimate of drug-likeness (QED) is 0.633. The summed E-state index contributed by atoms with van der Waals surface area (Å²) in [6, 6.07) is 3.81. The van der Waals surface area contributed by atoms with E-state index in [-0.39, 0.29) is 6.42 Å². The van der Waals surface area contributed by atoms with Gasteiger partial charge in [-0.15, -0.1) is 5.92 Å². The van der Waals surface area contributed by atoms with Crippen molar-refractivity contribution < 1.29 is 13.2 Å². The number of pyridine rings is 1. The van der Waals surface area contributed by atoms with Crippen LogP contribution in [0, 0.1) is 11.8 Å². The molecule has 0 aliphatic rings. The van der Waals surface area contributed by atoms with E-state index in [0.29, 0.717) is 5.69 Å². The van der Waals surface area contributed by atoms with Crippen molar-refractivity contribution in [2.24, 2.45) is 0 Å². The van der Waals surface area contributed by atoms with Gasteiger partial charge in [-0.25, -0.2) is 4.98 Å². The number of hydrogen-bond donors (Lipinski definition) is 0. The van der Waals surface area contributed by atoms with Crippen LogP contribution in [0.25, 0.3) is 0 Å². The molecule has 1 rings (SSSR count). The fraction of sp³-hybridized carbons (Fsp3) is 0.300. The molecule has 0 N–H and O–H groups in total. The van der Waals surface area contributed by atoms with Gasteiger partial charge in [0.15, 0.2) is 0 Å². The Bertz CT molecular complexity index is 371. The van der Waals surface area contributed by atoms with Gasteiger partial charge in [0.2, 0.25) is 0 Å². The average Bonchev–Trinajstić information content (AvgIpc) is 2.14. The molecule has 0 bridgehead atoms. The van der Waals surface area contributed by atoms with Gasteiger partial charge in [-0.3, -0.25) is 0 Å². The van der Waals surface area contributed by atoms with Crippen LogP contribution in [0.5, 0.6) is 0 Å². The molecule has 0 atom stereocenters. The number of halogens is 3. The van der Waals surface area contributed by atoms with E-state index >= 15 is 0 Å². The van der Waals surface area contributed by atoms with E-state index in [1.54, 1.807) is 6.92 Å². The maximum absolute atomic E-state index is 12.2. The minimum absolute atomic E-state index is 0.250. The molecule has 0 amide bonds. The Morgan fingerprint density at radius 2 is 2.07 bits per heavy atom. The Kier molecular flexibility index (Phi) is 3.13. The first-order chi connectivity index (χ1) is 6.54. The van der Waals surface area contributed by atoms with Crippen LogP contribution in [0.4, 0.5) is 13.2 Å². The highest BCUT2D eigenvalue weighted by Gasteiger charge is 2.32. The first-order valence-electron chi connectivity index (χ1n) is 3.97. The molecule has 1 nitrogen and oxygen atoms in total. The fourth-order valence-corrected chi connectivity index (χ4v) is 0.915. The summed E-state index contributed by atoms with van der Waals surface area (Å²) in [5.74, 6) is 5.27. The lowest BCUT2D eigenvalue weighted by Crippen LogP contribution is -2.08. The van der Waals surface area contributed by atoms with Crippen LogP contribution in [0.2, 0.25) is 0 Å². The molecule has 0 aliphatic heterocycles. The highest BCUT2D eigenvalue weighted by molar-refractivity contribution is 5.17. The topological polar surface area (TPSA) is 12.9 Å². The summed E-state index contributed by atoms with van der Waals surface area (Å²) in [4.78, 5) is 3.45. The highest BCUT2D eigenvalue weighted by atomic mass is 19.4. The van der Waals surface area contributed by atoms with Gasteiger partial charge in [-0.2, -0.15) is 13.2 Å².